The Balaban J connectivity index is 2.83. The first-order chi connectivity index (χ1) is 7.85. The average Bonchev–Trinajstić information content (AvgIpc) is 2.15. The van der Waals surface area contributed by atoms with Crippen molar-refractivity contribution in [1.29, 1.82) is 0 Å². The number of benzene rings is 1. The molecule has 1 aromatic carbocycles. The molecule has 0 saturated carbocycles. The maximum Gasteiger partial charge on any atom is 0.253 e. The summed E-state index contributed by atoms with van der Waals surface area (Å²) in [5.41, 5.74) is 6.64. The maximum atomic E-state index is 12.1. The first-order valence-electron chi connectivity index (χ1n) is 5.73. The summed E-state index contributed by atoms with van der Waals surface area (Å²) in [5.74, 6) is -0.117. The Morgan fingerprint density at radius 2 is 2.12 bits per heavy atom. The number of amides is 1. The van der Waals surface area contributed by atoms with Crippen molar-refractivity contribution in [2.24, 2.45) is 0 Å². The lowest BCUT2D eigenvalue weighted by Crippen LogP contribution is -2.43. The lowest BCUT2D eigenvalue weighted by atomic mass is 9.98. The standard InChI is InChI=1S/C13H19BrN2O/c1-4-7-13(2,3)16-12(17)10-6-5-9(14)8-11(10)15/h5-6,8H,4,7,15H2,1-3H3,(H,16,17). The molecule has 3 nitrogen and oxygen atoms in total. The molecule has 0 aliphatic heterocycles. The molecule has 94 valence electrons. The molecule has 4 heteroatoms. The largest absolute Gasteiger partial charge is 0.398 e. The molecule has 0 radical (unpaired) electrons. The van der Waals surface area contributed by atoms with Gasteiger partial charge in [0.2, 0.25) is 0 Å². The van der Waals surface area contributed by atoms with Crippen molar-refractivity contribution in [3.05, 3.63) is 28.2 Å². The second-order valence-corrected chi connectivity index (χ2v) is 5.74. The normalized spacial score (nSPS) is 11.3. The number of nitrogens with two attached hydrogens (primary N) is 1. The number of nitrogens with one attached hydrogen (secondary N) is 1. The van der Waals surface area contributed by atoms with Crippen LogP contribution in [-0.2, 0) is 0 Å². The number of nitrogen functional groups attached to an aromatic ring is 1. The van der Waals surface area contributed by atoms with Gasteiger partial charge in [0.15, 0.2) is 0 Å². The number of halogens is 1. The van der Waals surface area contributed by atoms with E-state index in [2.05, 4.69) is 28.2 Å². The average molecular weight is 299 g/mol. The van der Waals surface area contributed by atoms with Gasteiger partial charge >= 0.3 is 0 Å². The van der Waals surface area contributed by atoms with Crippen LogP contribution >= 0.6 is 15.9 Å². The second-order valence-electron chi connectivity index (χ2n) is 4.82. The van der Waals surface area contributed by atoms with Crippen LogP contribution in [0.25, 0.3) is 0 Å². The Hall–Kier alpha value is -1.03. The topological polar surface area (TPSA) is 55.1 Å². The van der Waals surface area contributed by atoms with Crippen molar-refractivity contribution in [3.63, 3.8) is 0 Å². The van der Waals surface area contributed by atoms with Crippen LogP contribution in [-0.4, -0.2) is 11.4 Å². The number of carbonyl (C=O) groups is 1. The smallest absolute Gasteiger partial charge is 0.253 e. The van der Waals surface area contributed by atoms with E-state index >= 15 is 0 Å². The molecule has 0 bridgehead atoms. The Bertz CT molecular complexity index is 416. The van der Waals surface area contributed by atoms with Crippen LogP contribution in [0.1, 0.15) is 44.0 Å². The number of hydrogen-bond acceptors (Lipinski definition) is 2. The van der Waals surface area contributed by atoms with E-state index in [0.717, 1.165) is 17.3 Å². The van der Waals surface area contributed by atoms with E-state index < -0.39 is 0 Å². The predicted molar refractivity (Wildman–Crippen MR) is 75.0 cm³/mol. The summed E-state index contributed by atoms with van der Waals surface area (Å²) >= 11 is 3.32. The second kappa shape index (κ2) is 5.54. The summed E-state index contributed by atoms with van der Waals surface area (Å²) in [6.45, 7) is 6.13. The molecule has 1 amide bonds. The van der Waals surface area contributed by atoms with Gasteiger partial charge in [0.05, 0.1) is 5.56 Å². The molecule has 0 spiro atoms. The van der Waals surface area contributed by atoms with Gasteiger partial charge in [-0.25, -0.2) is 0 Å². The molecule has 0 aromatic heterocycles. The van der Waals surface area contributed by atoms with E-state index in [1.165, 1.54) is 0 Å². The Labute approximate surface area is 111 Å². The van der Waals surface area contributed by atoms with Gasteiger partial charge in [0.1, 0.15) is 0 Å². The molecule has 0 atom stereocenters. The number of anilines is 1. The molecule has 0 unspecified atom stereocenters. The highest BCUT2D eigenvalue weighted by Gasteiger charge is 2.21. The lowest BCUT2D eigenvalue weighted by molar-refractivity contribution is 0.0910. The Kier molecular flexibility index (Phi) is 4.57. The third-order valence-electron chi connectivity index (χ3n) is 2.59. The van der Waals surface area contributed by atoms with Gasteiger partial charge in [-0.15, -0.1) is 0 Å². The predicted octanol–water partition coefficient (Wildman–Crippen LogP) is 3.34. The molecule has 0 fully saturated rings. The summed E-state index contributed by atoms with van der Waals surface area (Å²) in [6.07, 6.45) is 1.97. The number of hydrogen-bond donors (Lipinski definition) is 2. The lowest BCUT2D eigenvalue weighted by Gasteiger charge is -2.26. The number of rotatable bonds is 4. The zero-order valence-corrected chi connectivity index (χ0v) is 12.1. The van der Waals surface area contributed by atoms with Crippen LogP contribution in [0.2, 0.25) is 0 Å². The third-order valence-corrected chi connectivity index (χ3v) is 3.08. The highest BCUT2D eigenvalue weighted by molar-refractivity contribution is 9.10. The number of carbonyl (C=O) groups excluding carboxylic acids is 1. The van der Waals surface area contributed by atoms with E-state index in [9.17, 15) is 4.79 Å². The van der Waals surface area contributed by atoms with E-state index in [4.69, 9.17) is 5.73 Å². The Morgan fingerprint density at radius 3 is 2.65 bits per heavy atom. The summed E-state index contributed by atoms with van der Waals surface area (Å²) in [4.78, 5) is 12.1. The van der Waals surface area contributed by atoms with Crippen LogP contribution in [0.4, 0.5) is 5.69 Å². The molecule has 0 saturated heterocycles. The van der Waals surface area contributed by atoms with Crippen molar-refractivity contribution in [1.82, 2.24) is 5.32 Å². The third kappa shape index (κ3) is 4.04. The first kappa shape index (κ1) is 14.0. The van der Waals surface area contributed by atoms with Crippen LogP contribution < -0.4 is 11.1 Å². The zero-order valence-electron chi connectivity index (χ0n) is 10.5. The maximum absolute atomic E-state index is 12.1. The van der Waals surface area contributed by atoms with Crippen molar-refractivity contribution < 1.29 is 4.79 Å². The molecule has 1 aromatic rings. The van der Waals surface area contributed by atoms with Gasteiger partial charge in [-0.1, -0.05) is 29.3 Å². The molecule has 3 N–H and O–H groups in total. The van der Waals surface area contributed by atoms with Crippen LogP contribution in [0, 0.1) is 0 Å². The first-order valence-corrected chi connectivity index (χ1v) is 6.52. The van der Waals surface area contributed by atoms with E-state index in [1.54, 1.807) is 12.1 Å². The quantitative estimate of drug-likeness (QED) is 0.838. The molecule has 17 heavy (non-hydrogen) atoms. The monoisotopic (exact) mass is 298 g/mol. The summed E-state index contributed by atoms with van der Waals surface area (Å²) in [5, 5.41) is 3.00. The van der Waals surface area contributed by atoms with E-state index in [1.807, 2.05) is 19.9 Å². The van der Waals surface area contributed by atoms with Gasteiger partial charge in [0.25, 0.3) is 5.91 Å². The van der Waals surface area contributed by atoms with Crippen LogP contribution in [0.3, 0.4) is 0 Å². The minimum absolute atomic E-state index is 0.117. The van der Waals surface area contributed by atoms with Gasteiger partial charge < -0.3 is 11.1 Å². The minimum Gasteiger partial charge on any atom is -0.398 e. The van der Waals surface area contributed by atoms with Crippen molar-refractivity contribution in [3.8, 4) is 0 Å². The van der Waals surface area contributed by atoms with E-state index in [0.29, 0.717) is 11.3 Å². The molecule has 0 aliphatic rings. The van der Waals surface area contributed by atoms with Gasteiger partial charge in [0, 0.05) is 15.7 Å². The SMILES string of the molecule is CCCC(C)(C)NC(=O)c1ccc(Br)cc1N. The highest BCUT2D eigenvalue weighted by Crippen LogP contribution is 2.20. The summed E-state index contributed by atoms with van der Waals surface area (Å²) < 4.78 is 0.874. The molecule has 1 rings (SSSR count). The molecule has 0 aliphatic carbocycles. The van der Waals surface area contributed by atoms with Gasteiger partial charge in [-0.3, -0.25) is 4.79 Å². The van der Waals surface area contributed by atoms with Gasteiger partial charge in [-0.2, -0.15) is 0 Å². The minimum atomic E-state index is -0.203. The zero-order chi connectivity index (χ0) is 13.1. The van der Waals surface area contributed by atoms with Crippen molar-refractivity contribution >= 4 is 27.5 Å². The molecule has 0 heterocycles. The molecular weight excluding hydrogens is 280 g/mol. The fourth-order valence-corrected chi connectivity index (χ4v) is 2.18. The highest BCUT2D eigenvalue weighted by atomic mass is 79.9. The summed E-state index contributed by atoms with van der Waals surface area (Å²) in [7, 11) is 0. The molecular formula is C13H19BrN2O. The summed E-state index contributed by atoms with van der Waals surface area (Å²) in [6, 6.07) is 5.29. The Morgan fingerprint density at radius 1 is 1.47 bits per heavy atom. The fourth-order valence-electron chi connectivity index (χ4n) is 1.80. The van der Waals surface area contributed by atoms with Crippen molar-refractivity contribution in [2.75, 3.05) is 5.73 Å². The van der Waals surface area contributed by atoms with E-state index in [-0.39, 0.29) is 11.4 Å². The van der Waals surface area contributed by atoms with Crippen molar-refractivity contribution in [2.45, 2.75) is 39.2 Å². The fraction of sp³-hybridized carbons (Fsp3) is 0.462. The van der Waals surface area contributed by atoms with Crippen LogP contribution in [0.5, 0.6) is 0 Å². The van der Waals surface area contributed by atoms with Crippen LogP contribution in [0.15, 0.2) is 22.7 Å². The van der Waals surface area contributed by atoms with Gasteiger partial charge in [-0.05, 0) is 38.5 Å².